The Morgan fingerprint density at radius 2 is 1.83 bits per heavy atom. The molecule has 0 aromatic heterocycles. The van der Waals surface area contributed by atoms with Crippen LogP contribution in [0.25, 0.3) is 0 Å². The standard InChI is InChI=1S/C11H23N/c1-4-12-10(2)11(3)8-6-5-7-9-11/h10,12H,4-9H2,1-3H3. The van der Waals surface area contributed by atoms with E-state index in [2.05, 4.69) is 26.1 Å². The highest BCUT2D eigenvalue weighted by molar-refractivity contribution is 4.86. The molecule has 0 heterocycles. The molecule has 1 atom stereocenters. The van der Waals surface area contributed by atoms with Crippen molar-refractivity contribution < 1.29 is 0 Å². The second kappa shape index (κ2) is 4.27. The highest BCUT2D eigenvalue weighted by Crippen LogP contribution is 2.38. The lowest BCUT2D eigenvalue weighted by molar-refractivity contribution is 0.156. The lowest BCUT2D eigenvalue weighted by Crippen LogP contribution is -2.42. The van der Waals surface area contributed by atoms with E-state index in [1.54, 1.807) is 0 Å². The van der Waals surface area contributed by atoms with E-state index in [1.807, 2.05) is 0 Å². The summed E-state index contributed by atoms with van der Waals surface area (Å²) in [6, 6.07) is 0.697. The Kier molecular flexibility index (Phi) is 3.57. The molecule has 12 heavy (non-hydrogen) atoms. The Balaban J connectivity index is 2.44. The maximum Gasteiger partial charge on any atom is 0.00924 e. The van der Waals surface area contributed by atoms with E-state index in [0.717, 1.165) is 6.54 Å². The molecule has 1 saturated carbocycles. The summed E-state index contributed by atoms with van der Waals surface area (Å²) in [5.74, 6) is 0. The molecular weight excluding hydrogens is 146 g/mol. The van der Waals surface area contributed by atoms with E-state index >= 15 is 0 Å². The normalized spacial score (nSPS) is 25.2. The first-order valence-corrected chi connectivity index (χ1v) is 5.42. The summed E-state index contributed by atoms with van der Waals surface area (Å²) in [5, 5.41) is 3.56. The fourth-order valence-corrected chi connectivity index (χ4v) is 2.35. The monoisotopic (exact) mass is 169 g/mol. The Morgan fingerprint density at radius 3 is 2.33 bits per heavy atom. The first kappa shape index (κ1) is 10.0. The van der Waals surface area contributed by atoms with Crippen LogP contribution in [-0.2, 0) is 0 Å². The fraction of sp³-hybridized carbons (Fsp3) is 1.00. The van der Waals surface area contributed by atoms with Gasteiger partial charge in [-0.15, -0.1) is 0 Å². The van der Waals surface area contributed by atoms with Gasteiger partial charge < -0.3 is 5.32 Å². The third-order valence-corrected chi connectivity index (χ3v) is 3.55. The first-order valence-electron chi connectivity index (χ1n) is 5.42. The molecule has 72 valence electrons. The Hall–Kier alpha value is -0.0400. The average Bonchev–Trinajstić information content (AvgIpc) is 2.06. The van der Waals surface area contributed by atoms with E-state index in [4.69, 9.17) is 0 Å². The van der Waals surface area contributed by atoms with Gasteiger partial charge in [-0.25, -0.2) is 0 Å². The van der Waals surface area contributed by atoms with Crippen LogP contribution in [0.4, 0.5) is 0 Å². The minimum Gasteiger partial charge on any atom is -0.314 e. The topological polar surface area (TPSA) is 12.0 Å². The van der Waals surface area contributed by atoms with Gasteiger partial charge in [0.25, 0.3) is 0 Å². The van der Waals surface area contributed by atoms with Crippen molar-refractivity contribution in [2.75, 3.05) is 6.54 Å². The molecule has 1 nitrogen and oxygen atoms in total. The van der Waals surface area contributed by atoms with Crippen molar-refractivity contribution in [2.45, 2.75) is 58.9 Å². The van der Waals surface area contributed by atoms with Crippen molar-refractivity contribution in [1.29, 1.82) is 0 Å². The number of hydrogen-bond acceptors (Lipinski definition) is 1. The molecule has 0 saturated heterocycles. The fourth-order valence-electron chi connectivity index (χ4n) is 2.35. The zero-order valence-corrected chi connectivity index (χ0v) is 8.82. The van der Waals surface area contributed by atoms with Crippen molar-refractivity contribution in [1.82, 2.24) is 5.32 Å². The quantitative estimate of drug-likeness (QED) is 0.685. The van der Waals surface area contributed by atoms with Gasteiger partial charge >= 0.3 is 0 Å². The van der Waals surface area contributed by atoms with E-state index in [0.29, 0.717) is 11.5 Å². The zero-order chi connectivity index (χ0) is 9.03. The van der Waals surface area contributed by atoms with Gasteiger partial charge in [0, 0.05) is 6.04 Å². The van der Waals surface area contributed by atoms with Gasteiger partial charge in [0.2, 0.25) is 0 Å². The summed E-state index contributed by atoms with van der Waals surface area (Å²) in [6.45, 7) is 8.09. The maximum absolute atomic E-state index is 3.56. The van der Waals surface area contributed by atoms with Crippen LogP contribution in [0.15, 0.2) is 0 Å². The highest BCUT2D eigenvalue weighted by atomic mass is 14.9. The molecule has 1 aliphatic rings. The van der Waals surface area contributed by atoms with Gasteiger partial charge in [-0.05, 0) is 31.7 Å². The molecule has 0 bridgehead atoms. The molecule has 1 N–H and O–H groups in total. The van der Waals surface area contributed by atoms with Crippen molar-refractivity contribution in [2.24, 2.45) is 5.41 Å². The van der Waals surface area contributed by atoms with Gasteiger partial charge in [0.05, 0.1) is 0 Å². The molecular formula is C11H23N. The highest BCUT2D eigenvalue weighted by Gasteiger charge is 2.31. The second-order valence-electron chi connectivity index (χ2n) is 4.49. The first-order chi connectivity index (χ1) is 5.69. The third kappa shape index (κ3) is 2.22. The Morgan fingerprint density at radius 1 is 1.25 bits per heavy atom. The van der Waals surface area contributed by atoms with Gasteiger partial charge in [-0.2, -0.15) is 0 Å². The summed E-state index contributed by atoms with van der Waals surface area (Å²) in [5.41, 5.74) is 0.578. The molecule has 0 radical (unpaired) electrons. The summed E-state index contributed by atoms with van der Waals surface area (Å²) in [6.07, 6.45) is 7.16. The van der Waals surface area contributed by atoms with E-state index in [9.17, 15) is 0 Å². The van der Waals surface area contributed by atoms with Crippen molar-refractivity contribution in [3.8, 4) is 0 Å². The SMILES string of the molecule is CCNC(C)C1(C)CCCCC1. The molecule has 0 aromatic rings. The molecule has 1 rings (SSSR count). The predicted octanol–water partition coefficient (Wildman–Crippen LogP) is 2.95. The molecule has 1 aliphatic carbocycles. The van der Waals surface area contributed by atoms with Crippen LogP contribution >= 0.6 is 0 Å². The molecule has 1 fully saturated rings. The van der Waals surface area contributed by atoms with Crippen LogP contribution in [0.3, 0.4) is 0 Å². The maximum atomic E-state index is 3.56. The Bertz CT molecular complexity index is 125. The summed E-state index contributed by atoms with van der Waals surface area (Å²) in [7, 11) is 0. The van der Waals surface area contributed by atoms with Crippen LogP contribution in [0.5, 0.6) is 0 Å². The molecule has 0 aliphatic heterocycles. The van der Waals surface area contributed by atoms with Crippen molar-refractivity contribution in [3.05, 3.63) is 0 Å². The van der Waals surface area contributed by atoms with E-state index in [-0.39, 0.29) is 0 Å². The van der Waals surface area contributed by atoms with Crippen molar-refractivity contribution in [3.63, 3.8) is 0 Å². The van der Waals surface area contributed by atoms with Gasteiger partial charge in [-0.1, -0.05) is 33.1 Å². The Labute approximate surface area is 76.9 Å². The molecule has 0 amide bonds. The van der Waals surface area contributed by atoms with Gasteiger partial charge in [0.1, 0.15) is 0 Å². The summed E-state index contributed by atoms with van der Waals surface area (Å²) >= 11 is 0. The molecule has 1 unspecified atom stereocenters. The zero-order valence-electron chi connectivity index (χ0n) is 8.82. The van der Waals surface area contributed by atoms with Crippen molar-refractivity contribution >= 4 is 0 Å². The predicted molar refractivity (Wildman–Crippen MR) is 54.3 cm³/mol. The van der Waals surface area contributed by atoms with Crippen LogP contribution in [0.1, 0.15) is 52.9 Å². The van der Waals surface area contributed by atoms with Gasteiger partial charge in [0.15, 0.2) is 0 Å². The number of rotatable bonds is 3. The largest absolute Gasteiger partial charge is 0.314 e. The lowest BCUT2D eigenvalue weighted by Gasteiger charge is -2.39. The van der Waals surface area contributed by atoms with Crippen LogP contribution in [0, 0.1) is 5.41 Å². The average molecular weight is 169 g/mol. The summed E-state index contributed by atoms with van der Waals surface area (Å²) < 4.78 is 0. The summed E-state index contributed by atoms with van der Waals surface area (Å²) in [4.78, 5) is 0. The third-order valence-electron chi connectivity index (χ3n) is 3.55. The van der Waals surface area contributed by atoms with Gasteiger partial charge in [-0.3, -0.25) is 0 Å². The molecule has 1 heteroatoms. The number of hydrogen-bond donors (Lipinski definition) is 1. The van der Waals surface area contributed by atoms with Crippen LogP contribution < -0.4 is 5.32 Å². The minimum atomic E-state index is 0.578. The number of nitrogens with one attached hydrogen (secondary N) is 1. The molecule has 0 aromatic carbocycles. The van der Waals surface area contributed by atoms with Crippen LogP contribution in [0.2, 0.25) is 0 Å². The lowest BCUT2D eigenvalue weighted by atomic mass is 9.71. The van der Waals surface area contributed by atoms with E-state index < -0.39 is 0 Å². The second-order valence-corrected chi connectivity index (χ2v) is 4.49. The van der Waals surface area contributed by atoms with Crippen LogP contribution in [-0.4, -0.2) is 12.6 Å². The van der Waals surface area contributed by atoms with E-state index in [1.165, 1.54) is 32.1 Å². The minimum absolute atomic E-state index is 0.578. The smallest absolute Gasteiger partial charge is 0.00924 e. The molecule has 0 spiro atoms.